The predicted molar refractivity (Wildman–Crippen MR) is 197 cm³/mol. The van der Waals surface area contributed by atoms with Crippen LogP contribution in [0.15, 0.2) is 41.3 Å². The van der Waals surface area contributed by atoms with E-state index in [1.165, 1.54) is 4.57 Å². The van der Waals surface area contributed by atoms with E-state index in [-0.39, 0.29) is 50.0 Å². The summed E-state index contributed by atoms with van der Waals surface area (Å²) in [7, 11) is 1.81. The highest BCUT2D eigenvalue weighted by Crippen LogP contribution is 2.24. The molecular formula is C37H56N8O7. The number of aromatic nitrogens is 2. The summed E-state index contributed by atoms with van der Waals surface area (Å²) in [5.41, 5.74) is -1.21. The molecule has 2 fully saturated rings. The number of piperazine rings is 1. The summed E-state index contributed by atoms with van der Waals surface area (Å²) in [5, 5.41) is 8.93. The van der Waals surface area contributed by atoms with Crippen LogP contribution >= 0.6 is 0 Å². The van der Waals surface area contributed by atoms with Gasteiger partial charge in [0.05, 0.1) is 5.69 Å². The average molecular weight is 725 g/mol. The Morgan fingerprint density at radius 2 is 1.40 bits per heavy atom. The van der Waals surface area contributed by atoms with Crippen molar-refractivity contribution in [1.82, 2.24) is 34.9 Å². The molecule has 1 saturated heterocycles. The Bertz CT molecular complexity index is 1630. The van der Waals surface area contributed by atoms with Gasteiger partial charge in [-0.2, -0.15) is 4.98 Å². The number of ether oxygens (including phenoxy) is 2. The van der Waals surface area contributed by atoms with Crippen LogP contribution in [-0.4, -0.2) is 110 Å². The fourth-order valence-electron chi connectivity index (χ4n) is 6.16. The third kappa shape index (κ3) is 11.4. The monoisotopic (exact) mass is 724 g/mol. The maximum Gasteiger partial charge on any atom is 0.410 e. The Labute approximate surface area is 306 Å². The first kappa shape index (κ1) is 40.1. The molecule has 2 heterocycles. The largest absolute Gasteiger partial charge is 0.444 e. The fraction of sp³-hybridized carbons (Fsp3) is 0.622. The second-order valence-electron chi connectivity index (χ2n) is 16.1. The lowest BCUT2D eigenvalue weighted by Gasteiger charge is -2.38. The number of carbonyl (C=O) groups excluding carboxylic acids is 4. The molecule has 0 spiro atoms. The van der Waals surface area contributed by atoms with Crippen LogP contribution in [0.2, 0.25) is 0 Å². The molecule has 15 heteroatoms. The molecule has 0 unspecified atom stereocenters. The molecule has 0 radical (unpaired) electrons. The van der Waals surface area contributed by atoms with Crippen molar-refractivity contribution in [3.63, 3.8) is 0 Å². The number of carbonyl (C=O) groups is 4. The minimum absolute atomic E-state index is 0.125. The first-order valence-electron chi connectivity index (χ1n) is 18.0. The van der Waals surface area contributed by atoms with E-state index in [4.69, 9.17) is 9.47 Å². The lowest BCUT2D eigenvalue weighted by atomic mass is 9.90. The highest BCUT2D eigenvalue weighted by atomic mass is 16.6. The molecule has 1 saturated carbocycles. The third-order valence-corrected chi connectivity index (χ3v) is 8.98. The van der Waals surface area contributed by atoms with Crippen molar-refractivity contribution in [3.8, 4) is 5.69 Å². The maximum atomic E-state index is 13.1. The fourth-order valence-corrected chi connectivity index (χ4v) is 6.16. The molecule has 2 aromatic rings. The number of rotatable bonds is 8. The Morgan fingerprint density at radius 3 is 1.96 bits per heavy atom. The maximum absolute atomic E-state index is 13.1. The van der Waals surface area contributed by atoms with Gasteiger partial charge in [-0.05, 0) is 105 Å². The van der Waals surface area contributed by atoms with E-state index in [1.807, 2.05) is 52.1 Å². The summed E-state index contributed by atoms with van der Waals surface area (Å²) in [4.78, 5) is 72.7. The van der Waals surface area contributed by atoms with E-state index in [0.29, 0.717) is 18.3 Å². The molecule has 1 aromatic heterocycles. The molecule has 4 rings (SSSR count). The summed E-state index contributed by atoms with van der Waals surface area (Å²) in [6.07, 6.45) is 4.35. The molecule has 5 amide bonds. The van der Waals surface area contributed by atoms with Crippen molar-refractivity contribution in [2.75, 3.05) is 38.5 Å². The van der Waals surface area contributed by atoms with Gasteiger partial charge in [0, 0.05) is 58.1 Å². The standard InChI is InChI=1S/C37H56N8O7/c1-35(2,3)51-33(49)41-37(7,8)30(46)43-20-22-44(23-21-43)31(47)39-29-18-19-45(32(48)40-29)28-14-10-25(11-15-28)24-38-26-12-16-27(17-13-26)42(9)34(50)52-36(4,5)6/h10-11,14-15,18-19,26-27,38H,12-13,16-17,20-24H2,1-9H3,(H,41,49)(H,39,40,47,48). The summed E-state index contributed by atoms with van der Waals surface area (Å²) in [6.45, 7) is 15.9. The summed E-state index contributed by atoms with van der Waals surface area (Å²) >= 11 is 0. The van der Waals surface area contributed by atoms with Crippen LogP contribution in [0.5, 0.6) is 0 Å². The first-order chi connectivity index (χ1) is 24.2. The van der Waals surface area contributed by atoms with Gasteiger partial charge in [-0.15, -0.1) is 0 Å². The van der Waals surface area contributed by atoms with Crippen LogP contribution in [0, 0.1) is 0 Å². The van der Waals surface area contributed by atoms with Crippen molar-refractivity contribution >= 4 is 29.9 Å². The molecule has 1 aliphatic heterocycles. The molecule has 1 aromatic carbocycles. The zero-order valence-corrected chi connectivity index (χ0v) is 32.1. The van der Waals surface area contributed by atoms with Gasteiger partial charge >= 0.3 is 23.9 Å². The molecule has 0 bridgehead atoms. The first-order valence-corrected chi connectivity index (χ1v) is 18.0. The quantitative estimate of drug-likeness (QED) is 0.356. The third-order valence-electron chi connectivity index (χ3n) is 8.98. The van der Waals surface area contributed by atoms with Crippen LogP contribution < -0.4 is 21.6 Å². The Balaban J connectivity index is 1.22. The van der Waals surface area contributed by atoms with Crippen molar-refractivity contribution in [2.24, 2.45) is 0 Å². The van der Waals surface area contributed by atoms with Crippen LogP contribution in [0.3, 0.4) is 0 Å². The zero-order chi connectivity index (χ0) is 38.4. The van der Waals surface area contributed by atoms with E-state index in [1.54, 1.807) is 61.6 Å². The summed E-state index contributed by atoms with van der Waals surface area (Å²) in [5.74, 6) is -0.155. The van der Waals surface area contributed by atoms with Gasteiger partial charge in [0.1, 0.15) is 22.6 Å². The molecule has 1 aliphatic carbocycles. The molecule has 52 heavy (non-hydrogen) atoms. The highest BCUT2D eigenvalue weighted by Gasteiger charge is 2.37. The van der Waals surface area contributed by atoms with Gasteiger partial charge < -0.3 is 34.8 Å². The lowest BCUT2D eigenvalue weighted by Crippen LogP contribution is -2.60. The van der Waals surface area contributed by atoms with E-state index in [0.717, 1.165) is 31.2 Å². The predicted octanol–water partition coefficient (Wildman–Crippen LogP) is 4.48. The number of amides is 5. The van der Waals surface area contributed by atoms with Crippen molar-refractivity contribution in [3.05, 3.63) is 52.6 Å². The molecule has 3 N–H and O–H groups in total. The topological polar surface area (TPSA) is 167 Å². The minimum Gasteiger partial charge on any atom is -0.444 e. The number of benzene rings is 1. The average Bonchev–Trinajstić information content (AvgIpc) is 3.05. The normalized spacial score (nSPS) is 18.3. The second-order valence-corrected chi connectivity index (χ2v) is 16.1. The summed E-state index contributed by atoms with van der Waals surface area (Å²) in [6, 6.07) is 9.30. The van der Waals surface area contributed by atoms with Gasteiger partial charge in [0.25, 0.3) is 0 Å². The van der Waals surface area contributed by atoms with Crippen LogP contribution in [0.4, 0.5) is 20.2 Å². The molecule has 286 valence electrons. The van der Waals surface area contributed by atoms with Gasteiger partial charge in [0.2, 0.25) is 5.91 Å². The minimum atomic E-state index is -1.19. The number of nitrogens with one attached hydrogen (secondary N) is 3. The zero-order valence-electron chi connectivity index (χ0n) is 32.1. The molecule has 2 aliphatic rings. The van der Waals surface area contributed by atoms with Crippen LogP contribution in [0.25, 0.3) is 5.69 Å². The van der Waals surface area contributed by atoms with E-state index >= 15 is 0 Å². The number of hydrogen-bond donors (Lipinski definition) is 3. The van der Waals surface area contributed by atoms with Gasteiger partial charge in [0.15, 0.2) is 0 Å². The van der Waals surface area contributed by atoms with Crippen LogP contribution in [0.1, 0.15) is 86.6 Å². The van der Waals surface area contributed by atoms with Crippen molar-refractivity contribution < 1.29 is 28.7 Å². The lowest BCUT2D eigenvalue weighted by molar-refractivity contribution is -0.138. The van der Waals surface area contributed by atoms with Crippen molar-refractivity contribution in [2.45, 2.75) is 116 Å². The van der Waals surface area contributed by atoms with Crippen LogP contribution in [-0.2, 0) is 20.8 Å². The van der Waals surface area contributed by atoms with E-state index < -0.39 is 34.6 Å². The SMILES string of the molecule is CN(C(=O)OC(C)(C)C)C1CCC(NCc2ccc(-n3ccc(NC(=O)N4CCN(C(=O)C(C)(C)NC(=O)OC(C)(C)C)CC4)nc3=O)cc2)CC1. The second kappa shape index (κ2) is 16.3. The number of nitrogens with zero attached hydrogens (tertiary/aromatic N) is 5. The number of anilines is 1. The van der Waals surface area contributed by atoms with E-state index in [2.05, 4.69) is 20.9 Å². The molecule has 0 atom stereocenters. The molecule has 15 nitrogen and oxygen atoms in total. The Hall–Kier alpha value is -4.66. The van der Waals surface area contributed by atoms with Gasteiger partial charge in [-0.3, -0.25) is 14.7 Å². The van der Waals surface area contributed by atoms with E-state index in [9.17, 15) is 24.0 Å². The smallest absolute Gasteiger partial charge is 0.410 e. The number of alkyl carbamates (subject to hydrolysis) is 1. The van der Waals surface area contributed by atoms with Crippen molar-refractivity contribution in [1.29, 1.82) is 0 Å². The number of urea groups is 1. The highest BCUT2D eigenvalue weighted by molar-refractivity contribution is 5.90. The van der Waals surface area contributed by atoms with Gasteiger partial charge in [-0.25, -0.2) is 19.2 Å². The molecular weight excluding hydrogens is 668 g/mol. The van der Waals surface area contributed by atoms with Gasteiger partial charge in [-0.1, -0.05) is 12.1 Å². The summed E-state index contributed by atoms with van der Waals surface area (Å²) < 4.78 is 12.2. The Morgan fingerprint density at radius 1 is 0.827 bits per heavy atom. The number of hydrogen-bond acceptors (Lipinski definition) is 9. The Kier molecular flexibility index (Phi) is 12.6.